The number of carboxylic acids is 1. The Morgan fingerprint density at radius 2 is 2.06 bits per heavy atom. The Morgan fingerprint density at radius 1 is 1.44 bits per heavy atom. The highest BCUT2D eigenvalue weighted by Crippen LogP contribution is 2.46. The number of aromatic nitrogens is 1. The van der Waals surface area contributed by atoms with Gasteiger partial charge in [-0.25, -0.2) is 0 Å². The van der Waals surface area contributed by atoms with Crippen molar-refractivity contribution >= 4 is 11.9 Å². The number of carbonyl (C=O) groups excluding carboxylic acids is 1. The molecule has 0 bridgehead atoms. The average molecular weight is 252 g/mol. The molecule has 1 heterocycles. The van der Waals surface area contributed by atoms with Gasteiger partial charge in [0.1, 0.15) is 11.2 Å². The molecule has 0 aromatic carbocycles. The molecular weight excluding hydrogens is 236 g/mol. The van der Waals surface area contributed by atoms with Gasteiger partial charge >= 0.3 is 5.97 Å². The first-order valence-electron chi connectivity index (χ1n) is 5.85. The van der Waals surface area contributed by atoms with Crippen LogP contribution in [0.2, 0.25) is 0 Å². The van der Waals surface area contributed by atoms with Gasteiger partial charge in [-0.15, -0.1) is 0 Å². The van der Waals surface area contributed by atoms with Gasteiger partial charge in [0.25, 0.3) is 0 Å². The Kier molecular flexibility index (Phi) is 2.88. The second-order valence-electron chi connectivity index (χ2n) is 4.82. The molecule has 0 saturated heterocycles. The summed E-state index contributed by atoms with van der Waals surface area (Å²) in [5.41, 5.74) is 0.303. The van der Waals surface area contributed by atoms with Gasteiger partial charge in [-0.2, -0.15) is 0 Å². The van der Waals surface area contributed by atoms with E-state index in [0.29, 0.717) is 24.3 Å². The second kappa shape index (κ2) is 4.12. The van der Waals surface area contributed by atoms with Crippen molar-refractivity contribution in [3.63, 3.8) is 0 Å². The quantitative estimate of drug-likeness (QED) is 0.789. The Morgan fingerprint density at radius 3 is 2.44 bits per heavy atom. The highest BCUT2D eigenvalue weighted by atomic mass is 16.5. The highest BCUT2D eigenvalue weighted by molar-refractivity contribution is 6.04. The number of nitrogens with one attached hydrogen (secondary N) is 1. The van der Waals surface area contributed by atoms with Crippen molar-refractivity contribution in [1.29, 1.82) is 0 Å². The zero-order valence-corrected chi connectivity index (χ0v) is 10.6. The first-order chi connectivity index (χ1) is 8.38. The summed E-state index contributed by atoms with van der Waals surface area (Å²) in [6, 6.07) is -0.305. The van der Waals surface area contributed by atoms with Crippen molar-refractivity contribution in [3.8, 4) is 0 Å². The van der Waals surface area contributed by atoms with Crippen molar-refractivity contribution in [1.82, 2.24) is 10.5 Å². The summed E-state index contributed by atoms with van der Waals surface area (Å²) < 4.78 is 5.03. The number of carboxylic acid groups (broad SMARTS) is 1. The summed E-state index contributed by atoms with van der Waals surface area (Å²) >= 11 is 0. The molecule has 0 radical (unpaired) electrons. The molecule has 1 aromatic rings. The van der Waals surface area contributed by atoms with Gasteiger partial charge in [-0.3, -0.25) is 9.59 Å². The Bertz CT molecular complexity index is 483. The van der Waals surface area contributed by atoms with Crippen LogP contribution in [0.4, 0.5) is 0 Å². The first-order valence-corrected chi connectivity index (χ1v) is 5.85. The van der Waals surface area contributed by atoms with E-state index < -0.39 is 17.3 Å². The van der Waals surface area contributed by atoms with Crippen LogP contribution in [0.3, 0.4) is 0 Å². The fraction of sp³-hybridized carbons (Fsp3) is 0.583. The fourth-order valence-corrected chi connectivity index (χ4v) is 2.18. The molecule has 1 aliphatic carbocycles. The van der Waals surface area contributed by atoms with Crippen LogP contribution in [0, 0.1) is 19.3 Å². The molecule has 0 aliphatic heterocycles. The van der Waals surface area contributed by atoms with Crippen molar-refractivity contribution in [2.24, 2.45) is 5.41 Å². The summed E-state index contributed by atoms with van der Waals surface area (Å²) in [6.45, 7) is 5.35. The van der Waals surface area contributed by atoms with Crippen LogP contribution in [-0.2, 0) is 9.59 Å². The molecule has 18 heavy (non-hydrogen) atoms. The lowest BCUT2D eigenvalue weighted by atomic mass is 10.0. The number of rotatable bonds is 4. The molecule has 6 heteroatoms. The smallest absolute Gasteiger partial charge is 0.319 e. The van der Waals surface area contributed by atoms with E-state index in [0.717, 1.165) is 5.56 Å². The number of aryl methyl sites for hydroxylation is 2. The first kappa shape index (κ1) is 12.6. The van der Waals surface area contributed by atoms with Gasteiger partial charge in [-0.1, -0.05) is 5.16 Å². The molecule has 1 unspecified atom stereocenters. The summed E-state index contributed by atoms with van der Waals surface area (Å²) in [7, 11) is 0. The maximum absolute atomic E-state index is 12.0. The van der Waals surface area contributed by atoms with Gasteiger partial charge in [0.15, 0.2) is 0 Å². The molecular formula is C12H16N2O4. The molecule has 0 spiro atoms. The third kappa shape index (κ3) is 1.87. The van der Waals surface area contributed by atoms with E-state index in [1.807, 2.05) is 0 Å². The van der Waals surface area contributed by atoms with E-state index in [-0.39, 0.29) is 6.04 Å². The summed E-state index contributed by atoms with van der Waals surface area (Å²) in [4.78, 5) is 23.0. The molecule has 1 amide bonds. The number of aliphatic carboxylic acids is 1. The van der Waals surface area contributed by atoms with Gasteiger partial charge in [0.05, 0.1) is 11.7 Å². The van der Waals surface area contributed by atoms with Crippen molar-refractivity contribution in [2.45, 2.75) is 39.7 Å². The molecule has 2 rings (SSSR count). The Hall–Kier alpha value is -1.85. The van der Waals surface area contributed by atoms with Crippen LogP contribution >= 0.6 is 0 Å². The van der Waals surface area contributed by atoms with Crippen molar-refractivity contribution in [2.75, 3.05) is 0 Å². The van der Waals surface area contributed by atoms with Crippen LogP contribution in [0.5, 0.6) is 0 Å². The molecule has 1 aliphatic rings. The summed E-state index contributed by atoms with van der Waals surface area (Å²) in [5.74, 6) is -0.839. The zero-order chi connectivity index (χ0) is 13.5. The third-order valence-corrected chi connectivity index (χ3v) is 3.46. The minimum absolute atomic E-state index is 0.305. The maximum Gasteiger partial charge on any atom is 0.319 e. The predicted octanol–water partition coefficient (Wildman–Crippen LogP) is 1.33. The lowest BCUT2D eigenvalue weighted by Gasteiger charge is -2.17. The maximum atomic E-state index is 12.0. The molecule has 1 saturated carbocycles. The van der Waals surface area contributed by atoms with E-state index in [1.54, 1.807) is 20.8 Å². The average Bonchev–Trinajstić information content (AvgIpc) is 3.02. The van der Waals surface area contributed by atoms with Crippen LogP contribution in [0.15, 0.2) is 4.52 Å². The number of nitrogens with zero attached hydrogens (tertiary/aromatic N) is 1. The zero-order valence-electron chi connectivity index (χ0n) is 10.6. The van der Waals surface area contributed by atoms with E-state index in [1.165, 1.54) is 0 Å². The van der Waals surface area contributed by atoms with E-state index in [4.69, 9.17) is 9.63 Å². The monoisotopic (exact) mass is 252 g/mol. The lowest BCUT2D eigenvalue weighted by molar-refractivity contribution is -0.149. The largest absolute Gasteiger partial charge is 0.480 e. The van der Waals surface area contributed by atoms with Gasteiger partial charge in [-0.05, 0) is 33.6 Å². The molecule has 98 valence electrons. The van der Waals surface area contributed by atoms with Gasteiger partial charge in [0.2, 0.25) is 5.91 Å². The Labute approximate surface area is 104 Å². The topological polar surface area (TPSA) is 92.4 Å². The Balaban J connectivity index is 2.11. The van der Waals surface area contributed by atoms with Crippen LogP contribution < -0.4 is 5.32 Å². The summed E-state index contributed by atoms with van der Waals surface area (Å²) in [5, 5.41) is 15.6. The number of hydrogen-bond acceptors (Lipinski definition) is 4. The predicted molar refractivity (Wildman–Crippen MR) is 61.8 cm³/mol. The van der Waals surface area contributed by atoms with E-state index in [9.17, 15) is 9.59 Å². The highest BCUT2D eigenvalue weighted by Gasteiger charge is 2.57. The second-order valence-corrected chi connectivity index (χ2v) is 4.82. The van der Waals surface area contributed by atoms with Crippen LogP contribution in [0.25, 0.3) is 0 Å². The summed E-state index contributed by atoms with van der Waals surface area (Å²) in [6.07, 6.45) is 0.810. The molecule has 1 atom stereocenters. The number of carbonyl (C=O) groups is 2. The standard InChI is InChI=1S/C12H16N2O4/c1-6(9-7(2)14-18-8(9)3)13-10(15)12(4-5-12)11(16)17/h6H,4-5H2,1-3H3,(H,13,15)(H,16,17). The minimum atomic E-state index is -1.22. The number of amides is 1. The van der Waals surface area contributed by atoms with Gasteiger partial charge < -0.3 is 14.9 Å². The third-order valence-electron chi connectivity index (χ3n) is 3.46. The van der Waals surface area contributed by atoms with Crippen molar-refractivity contribution < 1.29 is 19.2 Å². The van der Waals surface area contributed by atoms with Crippen molar-refractivity contribution in [3.05, 3.63) is 17.0 Å². The van der Waals surface area contributed by atoms with Gasteiger partial charge in [0, 0.05) is 5.56 Å². The molecule has 2 N–H and O–H groups in total. The lowest BCUT2D eigenvalue weighted by Crippen LogP contribution is -2.38. The molecule has 1 aromatic heterocycles. The molecule has 6 nitrogen and oxygen atoms in total. The fourth-order valence-electron chi connectivity index (χ4n) is 2.18. The van der Waals surface area contributed by atoms with Crippen LogP contribution in [-0.4, -0.2) is 22.1 Å². The normalized spacial score (nSPS) is 18.2. The van der Waals surface area contributed by atoms with E-state index >= 15 is 0 Å². The number of hydrogen-bond donors (Lipinski definition) is 2. The minimum Gasteiger partial charge on any atom is -0.480 e. The molecule has 1 fully saturated rings. The van der Waals surface area contributed by atoms with E-state index in [2.05, 4.69) is 10.5 Å². The SMILES string of the molecule is Cc1noc(C)c1C(C)NC(=O)C1(C(=O)O)CC1. The van der Waals surface area contributed by atoms with Crippen LogP contribution in [0.1, 0.15) is 42.8 Å².